The second kappa shape index (κ2) is 5.51. The normalized spacial score (nSPS) is 25.0. The van der Waals surface area contributed by atoms with Crippen LogP contribution in [-0.4, -0.2) is 43.8 Å². The molecule has 0 aromatic heterocycles. The largest absolute Gasteiger partial charge is 0.382 e. The van der Waals surface area contributed by atoms with Gasteiger partial charge in [0.15, 0.2) is 0 Å². The van der Waals surface area contributed by atoms with Crippen LogP contribution in [0.15, 0.2) is 0 Å². The third kappa shape index (κ3) is 3.52. The lowest BCUT2D eigenvalue weighted by molar-refractivity contribution is 0.135. The summed E-state index contributed by atoms with van der Waals surface area (Å²) in [6.07, 6.45) is 2.30. The lowest BCUT2D eigenvalue weighted by Gasteiger charge is -2.14. The van der Waals surface area contributed by atoms with Gasteiger partial charge >= 0.3 is 0 Å². The summed E-state index contributed by atoms with van der Waals surface area (Å²) in [6, 6.07) is 0.414. The number of hydrogen-bond donors (Lipinski definition) is 1. The number of nitrogens with two attached hydrogens (primary N) is 1. The van der Waals surface area contributed by atoms with Gasteiger partial charge in [0.05, 0.1) is 0 Å². The number of nitrogens with zero attached hydrogens (tertiary/aromatic N) is 1. The highest BCUT2D eigenvalue weighted by atomic mass is 16.5. The molecule has 0 aliphatic carbocycles. The maximum atomic E-state index is 5.78. The van der Waals surface area contributed by atoms with Crippen LogP contribution in [0.1, 0.15) is 19.8 Å². The maximum absolute atomic E-state index is 5.78. The van der Waals surface area contributed by atoms with Crippen molar-refractivity contribution in [2.45, 2.75) is 25.8 Å². The maximum Gasteiger partial charge on any atom is 0.0478 e. The highest BCUT2D eigenvalue weighted by Gasteiger charge is 2.17. The molecule has 1 atom stereocenters. The Morgan fingerprint density at radius 2 is 2.42 bits per heavy atom. The van der Waals surface area contributed by atoms with Gasteiger partial charge in [0, 0.05) is 32.3 Å². The van der Waals surface area contributed by atoms with E-state index in [-0.39, 0.29) is 0 Å². The van der Waals surface area contributed by atoms with Gasteiger partial charge in [-0.3, -0.25) is 0 Å². The standard InChI is InChI=1S/C9H20N2O/c1-2-12-7-3-5-11-6-4-9(10)8-11/h9H,2-8,10H2,1H3. The fourth-order valence-corrected chi connectivity index (χ4v) is 1.60. The SMILES string of the molecule is CCOCCCN1CCC(N)C1. The quantitative estimate of drug-likeness (QED) is 0.612. The summed E-state index contributed by atoms with van der Waals surface area (Å²) in [5.41, 5.74) is 5.78. The summed E-state index contributed by atoms with van der Waals surface area (Å²) >= 11 is 0. The minimum atomic E-state index is 0.414. The molecule has 72 valence electrons. The third-order valence-corrected chi connectivity index (χ3v) is 2.28. The Kier molecular flexibility index (Phi) is 4.58. The van der Waals surface area contributed by atoms with E-state index in [4.69, 9.17) is 10.5 Å². The average Bonchev–Trinajstić information content (AvgIpc) is 2.45. The van der Waals surface area contributed by atoms with Crippen molar-refractivity contribution in [3.63, 3.8) is 0 Å². The van der Waals surface area contributed by atoms with Gasteiger partial charge in [0.1, 0.15) is 0 Å². The molecule has 3 nitrogen and oxygen atoms in total. The molecule has 1 aliphatic heterocycles. The molecule has 1 heterocycles. The highest BCUT2D eigenvalue weighted by molar-refractivity contribution is 4.77. The zero-order chi connectivity index (χ0) is 8.81. The van der Waals surface area contributed by atoms with E-state index in [0.717, 1.165) is 39.1 Å². The number of hydrogen-bond acceptors (Lipinski definition) is 3. The summed E-state index contributed by atoms with van der Waals surface area (Å²) < 4.78 is 5.26. The van der Waals surface area contributed by atoms with E-state index in [9.17, 15) is 0 Å². The Labute approximate surface area is 74.9 Å². The van der Waals surface area contributed by atoms with E-state index in [0.29, 0.717) is 6.04 Å². The summed E-state index contributed by atoms with van der Waals surface area (Å²) in [4.78, 5) is 2.42. The van der Waals surface area contributed by atoms with Crippen LogP contribution >= 0.6 is 0 Å². The van der Waals surface area contributed by atoms with Gasteiger partial charge in [0.2, 0.25) is 0 Å². The van der Waals surface area contributed by atoms with Gasteiger partial charge in [0.25, 0.3) is 0 Å². The highest BCUT2D eigenvalue weighted by Crippen LogP contribution is 2.06. The van der Waals surface area contributed by atoms with Gasteiger partial charge in [-0.15, -0.1) is 0 Å². The minimum absolute atomic E-state index is 0.414. The van der Waals surface area contributed by atoms with E-state index in [1.165, 1.54) is 6.54 Å². The van der Waals surface area contributed by atoms with Crippen molar-refractivity contribution in [1.82, 2.24) is 4.90 Å². The number of ether oxygens (including phenoxy) is 1. The molecule has 2 N–H and O–H groups in total. The fourth-order valence-electron chi connectivity index (χ4n) is 1.60. The van der Waals surface area contributed by atoms with Crippen molar-refractivity contribution in [3.05, 3.63) is 0 Å². The van der Waals surface area contributed by atoms with Gasteiger partial charge in [-0.25, -0.2) is 0 Å². The summed E-state index contributed by atoms with van der Waals surface area (Å²) in [5.74, 6) is 0. The Morgan fingerprint density at radius 1 is 1.58 bits per heavy atom. The minimum Gasteiger partial charge on any atom is -0.382 e. The Hall–Kier alpha value is -0.120. The molecule has 1 aliphatic rings. The molecule has 0 amide bonds. The third-order valence-electron chi connectivity index (χ3n) is 2.28. The first-order valence-corrected chi connectivity index (χ1v) is 4.88. The van der Waals surface area contributed by atoms with E-state index >= 15 is 0 Å². The van der Waals surface area contributed by atoms with Gasteiger partial charge in [-0.05, 0) is 26.3 Å². The second-order valence-electron chi connectivity index (χ2n) is 3.40. The summed E-state index contributed by atoms with van der Waals surface area (Å²) in [7, 11) is 0. The van der Waals surface area contributed by atoms with E-state index in [1.807, 2.05) is 6.92 Å². The fraction of sp³-hybridized carbons (Fsp3) is 1.00. The van der Waals surface area contributed by atoms with Gasteiger partial charge < -0.3 is 15.4 Å². The number of likely N-dealkylation sites (tertiary alicyclic amines) is 1. The Bertz CT molecular complexity index is 119. The molecule has 0 radical (unpaired) electrons. The van der Waals surface area contributed by atoms with Crippen LogP contribution in [0.2, 0.25) is 0 Å². The first-order valence-electron chi connectivity index (χ1n) is 4.88. The van der Waals surface area contributed by atoms with Crippen LogP contribution in [0.5, 0.6) is 0 Å². The van der Waals surface area contributed by atoms with Crippen molar-refractivity contribution in [2.24, 2.45) is 5.73 Å². The van der Waals surface area contributed by atoms with Crippen LogP contribution in [0.4, 0.5) is 0 Å². The van der Waals surface area contributed by atoms with Crippen molar-refractivity contribution < 1.29 is 4.74 Å². The zero-order valence-electron chi connectivity index (χ0n) is 7.96. The zero-order valence-corrected chi connectivity index (χ0v) is 7.96. The summed E-state index contributed by atoms with van der Waals surface area (Å²) in [5, 5.41) is 0. The van der Waals surface area contributed by atoms with Crippen LogP contribution in [0.3, 0.4) is 0 Å². The van der Waals surface area contributed by atoms with Crippen LogP contribution in [-0.2, 0) is 4.74 Å². The molecule has 1 rings (SSSR count). The lowest BCUT2D eigenvalue weighted by Crippen LogP contribution is -2.27. The molecule has 1 unspecified atom stereocenters. The van der Waals surface area contributed by atoms with Crippen molar-refractivity contribution in [1.29, 1.82) is 0 Å². The molecular weight excluding hydrogens is 152 g/mol. The molecule has 12 heavy (non-hydrogen) atoms. The van der Waals surface area contributed by atoms with Crippen LogP contribution < -0.4 is 5.73 Å². The van der Waals surface area contributed by atoms with Crippen LogP contribution in [0.25, 0.3) is 0 Å². The van der Waals surface area contributed by atoms with E-state index in [2.05, 4.69) is 4.90 Å². The summed E-state index contributed by atoms with van der Waals surface area (Å²) in [6.45, 7) is 7.15. The molecule has 3 heteroatoms. The molecule has 0 saturated carbocycles. The van der Waals surface area contributed by atoms with Gasteiger partial charge in [-0.1, -0.05) is 0 Å². The van der Waals surface area contributed by atoms with Gasteiger partial charge in [-0.2, -0.15) is 0 Å². The predicted octanol–water partition coefficient (Wildman–Crippen LogP) is 0.446. The van der Waals surface area contributed by atoms with E-state index < -0.39 is 0 Å². The van der Waals surface area contributed by atoms with Crippen molar-refractivity contribution >= 4 is 0 Å². The molecule has 1 fully saturated rings. The molecule has 0 aromatic carbocycles. The number of rotatable bonds is 5. The molecule has 0 spiro atoms. The molecular formula is C9H20N2O. The molecule has 1 saturated heterocycles. The Morgan fingerprint density at radius 3 is 3.00 bits per heavy atom. The van der Waals surface area contributed by atoms with Crippen molar-refractivity contribution in [2.75, 3.05) is 32.8 Å². The first kappa shape index (κ1) is 9.96. The predicted molar refractivity (Wildman–Crippen MR) is 50.1 cm³/mol. The monoisotopic (exact) mass is 172 g/mol. The average molecular weight is 172 g/mol. The second-order valence-corrected chi connectivity index (χ2v) is 3.40. The smallest absolute Gasteiger partial charge is 0.0478 e. The lowest BCUT2D eigenvalue weighted by atomic mass is 10.3. The molecule has 0 aromatic rings. The van der Waals surface area contributed by atoms with E-state index in [1.54, 1.807) is 0 Å². The van der Waals surface area contributed by atoms with Crippen molar-refractivity contribution in [3.8, 4) is 0 Å². The first-order chi connectivity index (χ1) is 5.83. The Balaban J connectivity index is 1.93. The van der Waals surface area contributed by atoms with Crippen LogP contribution in [0, 0.1) is 0 Å². The topological polar surface area (TPSA) is 38.5 Å². The molecule has 0 bridgehead atoms.